The summed E-state index contributed by atoms with van der Waals surface area (Å²) >= 11 is 0. The highest BCUT2D eigenvalue weighted by molar-refractivity contribution is 7.91. The standard InChI is InChI=1S/C23H29N3O6S2/c1-16-15-32-22-8-3-2-6-20(22)17-12-19(14-24-13-17)33(28,29)11-5-4-7-21(23(27)25-16)26-34(30,31)18-9-10-18/h2-3,6,8,12-14,16,18,21,26H,4-5,7,9-11,15H2,1H3,(H,25,27)/t16-,21+/m1/s1. The number of rotatable bonds is 3. The van der Waals surface area contributed by atoms with Crippen molar-refractivity contribution in [2.45, 2.75) is 61.3 Å². The number of nitrogens with one attached hydrogen (secondary N) is 2. The molecular formula is C23H29N3O6S2. The molecule has 9 nitrogen and oxygen atoms in total. The van der Waals surface area contributed by atoms with Gasteiger partial charge in [-0.3, -0.25) is 9.78 Å². The largest absolute Gasteiger partial charge is 0.491 e. The average molecular weight is 508 g/mol. The number of pyridine rings is 1. The van der Waals surface area contributed by atoms with Crippen molar-refractivity contribution in [2.75, 3.05) is 12.4 Å². The highest BCUT2D eigenvalue weighted by Crippen LogP contribution is 2.31. The number of carbonyl (C=O) groups is 1. The molecule has 2 bridgehead atoms. The van der Waals surface area contributed by atoms with E-state index in [0.717, 1.165) is 0 Å². The zero-order valence-corrected chi connectivity index (χ0v) is 20.6. The second-order valence-corrected chi connectivity index (χ2v) is 13.0. The number of carbonyl (C=O) groups excluding carboxylic acids is 1. The Morgan fingerprint density at radius 2 is 1.88 bits per heavy atom. The van der Waals surface area contributed by atoms with E-state index in [1.54, 1.807) is 31.3 Å². The number of hydrogen-bond acceptors (Lipinski definition) is 7. The number of aromatic nitrogens is 1. The molecule has 11 heteroatoms. The van der Waals surface area contributed by atoms with Crippen molar-refractivity contribution in [1.82, 2.24) is 15.0 Å². The van der Waals surface area contributed by atoms with Crippen LogP contribution in [-0.4, -0.2) is 57.4 Å². The van der Waals surface area contributed by atoms with E-state index in [4.69, 9.17) is 4.74 Å². The second-order valence-electron chi connectivity index (χ2n) is 8.86. The van der Waals surface area contributed by atoms with E-state index in [0.29, 0.717) is 36.1 Å². The summed E-state index contributed by atoms with van der Waals surface area (Å²) in [7, 11) is -7.20. The molecule has 34 heavy (non-hydrogen) atoms. The van der Waals surface area contributed by atoms with Gasteiger partial charge in [-0.05, 0) is 44.7 Å². The fourth-order valence-corrected chi connectivity index (χ4v) is 6.76. The smallest absolute Gasteiger partial charge is 0.238 e. The van der Waals surface area contributed by atoms with Crippen LogP contribution in [0.2, 0.25) is 0 Å². The van der Waals surface area contributed by atoms with Gasteiger partial charge in [0.25, 0.3) is 0 Å². The minimum atomic E-state index is -3.61. The van der Waals surface area contributed by atoms with Gasteiger partial charge in [-0.15, -0.1) is 0 Å². The van der Waals surface area contributed by atoms with Gasteiger partial charge in [0.15, 0.2) is 9.84 Å². The molecule has 1 fully saturated rings. The average Bonchev–Trinajstić information content (AvgIpc) is 3.66. The van der Waals surface area contributed by atoms with Crippen LogP contribution < -0.4 is 14.8 Å². The molecule has 1 aromatic heterocycles. The molecule has 1 amide bonds. The Kier molecular flexibility index (Phi) is 7.25. The lowest BCUT2D eigenvalue weighted by Gasteiger charge is -2.22. The predicted octanol–water partition coefficient (Wildman–Crippen LogP) is 2.04. The molecule has 1 aliphatic heterocycles. The maximum atomic E-state index is 12.9. The third-order valence-corrected chi connectivity index (χ3v) is 9.62. The number of ether oxygens (including phenoxy) is 1. The van der Waals surface area contributed by atoms with Crippen molar-refractivity contribution >= 4 is 25.8 Å². The summed E-state index contributed by atoms with van der Waals surface area (Å²) in [5, 5.41) is 2.36. The molecule has 184 valence electrons. The summed E-state index contributed by atoms with van der Waals surface area (Å²) in [4.78, 5) is 17.2. The van der Waals surface area contributed by atoms with Gasteiger partial charge < -0.3 is 10.1 Å². The van der Waals surface area contributed by atoms with Gasteiger partial charge in [-0.2, -0.15) is 0 Å². The van der Waals surface area contributed by atoms with Crippen LogP contribution in [0, 0.1) is 0 Å². The normalized spacial score (nSPS) is 23.9. The molecular weight excluding hydrogens is 478 g/mol. The minimum Gasteiger partial charge on any atom is -0.491 e. The number of amides is 1. The number of fused-ring (bicyclic) bond motifs is 4. The summed E-state index contributed by atoms with van der Waals surface area (Å²) in [6.45, 7) is 1.93. The Morgan fingerprint density at radius 3 is 2.65 bits per heavy atom. The zero-order valence-electron chi connectivity index (χ0n) is 18.9. The third kappa shape index (κ3) is 5.94. The Bertz CT molecular complexity index is 1260. The lowest BCUT2D eigenvalue weighted by Crippen LogP contribution is -2.50. The Balaban J connectivity index is 1.62. The first kappa shape index (κ1) is 24.6. The highest BCUT2D eigenvalue weighted by Gasteiger charge is 2.38. The molecule has 2 atom stereocenters. The maximum Gasteiger partial charge on any atom is 0.238 e. The van der Waals surface area contributed by atoms with Crippen molar-refractivity contribution in [3.63, 3.8) is 0 Å². The SMILES string of the molecule is C[C@@H]1COc2ccccc2-c2cncc(c2)S(=O)(=O)CCCC[C@H](NS(=O)(=O)C2CC2)C(=O)N1. The quantitative estimate of drug-likeness (QED) is 0.650. The van der Waals surface area contributed by atoms with Crippen LogP contribution >= 0.6 is 0 Å². The maximum absolute atomic E-state index is 12.9. The van der Waals surface area contributed by atoms with Crippen LogP contribution in [0.4, 0.5) is 0 Å². The number of para-hydroxylation sites is 1. The number of sulfone groups is 1. The molecule has 1 aliphatic carbocycles. The van der Waals surface area contributed by atoms with E-state index < -0.39 is 37.1 Å². The van der Waals surface area contributed by atoms with E-state index in [9.17, 15) is 21.6 Å². The van der Waals surface area contributed by atoms with Crippen LogP contribution in [0.5, 0.6) is 5.75 Å². The molecule has 0 unspecified atom stereocenters. The number of nitrogens with zero attached hydrogens (tertiary/aromatic N) is 1. The van der Waals surface area contributed by atoms with Crippen molar-refractivity contribution in [3.8, 4) is 16.9 Å². The van der Waals surface area contributed by atoms with E-state index in [-0.39, 0.29) is 36.1 Å². The molecule has 4 rings (SSSR count). The summed E-state index contributed by atoms with van der Waals surface area (Å²) in [5.41, 5.74) is 1.31. The highest BCUT2D eigenvalue weighted by atomic mass is 32.2. The van der Waals surface area contributed by atoms with Gasteiger partial charge in [-0.1, -0.05) is 24.6 Å². The molecule has 1 aromatic carbocycles. The van der Waals surface area contributed by atoms with Gasteiger partial charge >= 0.3 is 0 Å². The Hall–Kier alpha value is -2.50. The van der Waals surface area contributed by atoms with Gasteiger partial charge in [0.1, 0.15) is 18.4 Å². The third-order valence-electron chi connectivity index (χ3n) is 5.89. The molecule has 2 aromatic rings. The van der Waals surface area contributed by atoms with Crippen molar-refractivity contribution in [2.24, 2.45) is 0 Å². The van der Waals surface area contributed by atoms with Gasteiger partial charge in [0.2, 0.25) is 15.9 Å². The first-order chi connectivity index (χ1) is 16.2. The molecule has 0 saturated heterocycles. The van der Waals surface area contributed by atoms with E-state index in [2.05, 4.69) is 15.0 Å². The lowest BCUT2D eigenvalue weighted by atomic mass is 10.1. The second kappa shape index (κ2) is 10.0. The Labute approximate surface area is 200 Å². The summed E-state index contributed by atoms with van der Waals surface area (Å²) in [5.74, 6) is -0.0489. The van der Waals surface area contributed by atoms with Gasteiger partial charge in [-0.25, -0.2) is 21.6 Å². The summed E-state index contributed by atoms with van der Waals surface area (Å²) in [6, 6.07) is 7.44. The van der Waals surface area contributed by atoms with Crippen LogP contribution in [0.15, 0.2) is 47.6 Å². The topological polar surface area (TPSA) is 132 Å². The van der Waals surface area contributed by atoms with E-state index >= 15 is 0 Å². The number of sulfonamides is 1. The summed E-state index contributed by atoms with van der Waals surface area (Å²) in [6.07, 6.45) is 4.93. The molecule has 0 spiro atoms. The minimum absolute atomic E-state index is 0.115. The van der Waals surface area contributed by atoms with Crippen molar-refractivity contribution in [1.29, 1.82) is 0 Å². The first-order valence-electron chi connectivity index (χ1n) is 11.4. The number of benzene rings is 1. The molecule has 0 radical (unpaired) electrons. The summed E-state index contributed by atoms with van der Waals surface area (Å²) < 4.78 is 59.3. The molecule has 2 N–H and O–H groups in total. The van der Waals surface area contributed by atoms with Gasteiger partial charge in [0, 0.05) is 23.5 Å². The fraction of sp³-hybridized carbons (Fsp3) is 0.478. The van der Waals surface area contributed by atoms with Gasteiger partial charge in [0.05, 0.1) is 21.9 Å². The van der Waals surface area contributed by atoms with Crippen molar-refractivity contribution < 1.29 is 26.4 Å². The molecule has 2 aliphatic rings. The molecule has 2 heterocycles. The zero-order chi connectivity index (χ0) is 24.3. The lowest BCUT2D eigenvalue weighted by molar-refractivity contribution is -0.123. The number of hydrogen-bond donors (Lipinski definition) is 2. The first-order valence-corrected chi connectivity index (χ1v) is 14.6. The van der Waals surface area contributed by atoms with E-state index in [1.165, 1.54) is 6.20 Å². The predicted molar refractivity (Wildman–Crippen MR) is 128 cm³/mol. The Morgan fingerprint density at radius 1 is 1.12 bits per heavy atom. The van der Waals surface area contributed by atoms with E-state index in [1.807, 2.05) is 12.1 Å². The van der Waals surface area contributed by atoms with Crippen LogP contribution in [0.1, 0.15) is 39.0 Å². The fourth-order valence-electron chi connectivity index (χ4n) is 3.84. The molecule has 1 saturated carbocycles. The van der Waals surface area contributed by atoms with Crippen LogP contribution in [0.25, 0.3) is 11.1 Å². The van der Waals surface area contributed by atoms with Crippen LogP contribution in [0.3, 0.4) is 0 Å². The monoisotopic (exact) mass is 507 g/mol. The van der Waals surface area contributed by atoms with Crippen LogP contribution in [-0.2, 0) is 24.7 Å². The van der Waals surface area contributed by atoms with Crippen molar-refractivity contribution in [3.05, 3.63) is 42.7 Å².